The van der Waals surface area contributed by atoms with Crippen LogP contribution in [0.1, 0.15) is 76.6 Å². The molecule has 7 rings (SSSR count). The van der Waals surface area contributed by atoms with Crippen molar-refractivity contribution in [1.29, 1.82) is 0 Å². The molecule has 0 radical (unpaired) electrons. The molecule has 3 amide bonds. The number of primary amides is 1. The second-order valence-electron chi connectivity index (χ2n) is 15.2. The van der Waals surface area contributed by atoms with Crippen LogP contribution in [-0.4, -0.2) is 56.0 Å². The smallest absolute Gasteiger partial charge is 0.407 e. The molecule has 12 nitrogen and oxygen atoms in total. The summed E-state index contributed by atoms with van der Waals surface area (Å²) < 4.78 is 5.37. The first-order chi connectivity index (χ1) is 24.8. The van der Waals surface area contributed by atoms with Gasteiger partial charge in [0, 0.05) is 36.1 Å². The fourth-order valence-electron chi connectivity index (χ4n) is 7.17. The number of fused-ring (bicyclic) bond motifs is 2. The number of carbonyl (C=O) groups is 3. The number of halogens is 1. The van der Waals surface area contributed by atoms with E-state index in [9.17, 15) is 19.2 Å². The van der Waals surface area contributed by atoms with Crippen LogP contribution in [0.5, 0.6) is 0 Å². The largest absolute Gasteiger partial charge is 0.444 e. The third-order valence-electron chi connectivity index (χ3n) is 10.0. The van der Waals surface area contributed by atoms with Crippen molar-refractivity contribution in [1.82, 2.24) is 25.3 Å². The molecule has 2 aliphatic carbocycles. The minimum Gasteiger partial charge on any atom is -0.444 e. The lowest BCUT2D eigenvalue weighted by Crippen LogP contribution is -2.52. The van der Waals surface area contributed by atoms with Gasteiger partial charge >= 0.3 is 11.8 Å². The third kappa shape index (κ3) is 7.86. The summed E-state index contributed by atoms with van der Waals surface area (Å²) in [7, 11) is 0. The van der Waals surface area contributed by atoms with Gasteiger partial charge in [-0.25, -0.2) is 14.6 Å². The van der Waals surface area contributed by atoms with Crippen molar-refractivity contribution in [3.63, 3.8) is 0 Å². The lowest BCUT2D eigenvalue weighted by Gasteiger charge is -2.36. The van der Waals surface area contributed by atoms with Crippen molar-refractivity contribution in [2.75, 3.05) is 11.4 Å². The zero-order chi connectivity index (χ0) is 36.7. The predicted molar refractivity (Wildman–Crippen MR) is 201 cm³/mol. The summed E-state index contributed by atoms with van der Waals surface area (Å²) in [5.41, 5.74) is 11.0. The highest BCUT2D eigenvalue weighted by Crippen LogP contribution is 2.40. The predicted octanol–water partition coefficient (Wildman–Crippen LogP) is 6.69. The van der Waals surface area contributed by atoms with E-state index >= 15 is 0 Å². The van der Waals surface area contributed by atoms with Crippen molar-refractivity contribution in [2.45, 2.75) is 83.3 Å². The monoisotopic (exact) mass is 725 g/mol. The number of aromatic amines is 3. The Morgan fingerprint density at radius 3 is 2.33 bits per heavy atom. The number of carbonyl (C=O) groups excluding carboxylic acids is 3. The first-order valence-electron chi connectivity index (χ1n) is 17.9. The molecule has 6 N–H and O–H groups in total. The van der Waals surface area contributed by atoms with Crippen LogP contribution in [0.15, 0.2) is 59.4 Å². The van der Waals surface area contributed by atoms with Crippen molar-refractivity contribution in [3.05, 3.63) is 81.5 Å². The Morgan fingerprint density at radius 2 is 1.65 bits per heavy atom. The van der Waals surface area contributed by atoms with E-state index in [0.29, 0.717) is 47.0 Å². The van der Waals surface area contributed by atoms with Crippen LogP contribution in [0.2, 0.25) is 5.02 Å². The number of hydrogen-bond acceptors (Lipinski definition) is 6. The number of H-pyrrole nitrogens is 3. The summed E-state index contributed by atoms with van der Waals surface area (Å²) in [5.74, 6) is 0.478. The number of nitrogens with one attached hydrogen (secondary N) is 4. The maximum atomic E-state index is 14.5. The Labute approximate surface area is 305 Å². The van der Waals surface area contributed by atoms with Gasteiger partial charge in [-0.15, -0.1) is 0 Å². The highest BCUT2D eigenvalue weighted by molar-refractivity contribution is 6.34. The summed E-state index contributed by atoms with van der Waals surface area (Å²) in [5, 5.41) is 3.46. The number of aromatic nitrogens is 4. The lowest BCUT2D eigenvalue weighted by atomic mass is 9.81. The lowest BCUT2D eigenvalue weighted by molar-refractivity contribution is -0.127. The fourth-order valence-corrected chi connectivity index (χ4v) is 7.44. The number of rotatable bonds is 10. The topological polar surface area (TPSA) is 179 Å². The van der Waals surface area contributed by atoms with E-state index in [2.05, 4.69) is 20.3 Å². The summed E-state index contributed by atoms with van der Waals surface area (Å²) >= 11 is 6.73. The Morgan fingerprint density at radius 1 is 0.942 bits per heavy atom. The average Bonchev–Trinajstić information content (AvgIpc) is 3.76. The van der Waals surface area contributed by atoms with Crippen molar-refractivity contribution in [2.24, 2.45) is 17.6 Å². The molecule has 2 saturated carbocycles. The standard InChI is InChI=1S/C39H44ClN7O5/c1-39(2,3)52-38(51)42-20-22-6-10-25(11-7-22)36(49)47(26-14-15-29-30(17-26)46-37(50)45-29)33(34(41)48)16-21-4-8-23(9-5-21)27-18-31-32(19-28(27)40)44-35(43-31)24-12-13-24/h4-5,8-9,14-15,17-19,22,24-25,33H,6-7,10-13,16,20H2,1-3H3,(H2,41,48)(H,42,51)(H,43,44)(H2,45,46,50)/t22-,25-,33-/m0/s1. The summed E-state index contributed by atoms with van der Waals surface area (Å²) in [4.78, 5) is 67.2. The van der Waals surface area contributed by atoms with E-state index in [1.807, 2.05) is 57.2 Å². The van der Waals surface area contributed by atoms with E-state index in [1.165, 1.54) is 4.90 Å². The van der Waals surface area contributed by atoms with Gasteiger partial charge in [0.25, 0.3) is 0 Å². The van der Waals surface area contributed by atoms with Crippen LogP contribution in [0, 0.1) is 11.8 Å². The molecule has 5 aromatic rings. The molecule has 0 bridgehead atoms. The Bertz CT molecular complexity index is 2190. The number of anilines is 1. The molecule has 52 heavy (non-hydrogen) atoms. The molecule has 0 spiro atoms. The van der Waals surface area contributed by atoms with Gasteiger partial charge in [0.2, 0.25) is 11.8 Å². The summed E-state index contributed by atoms with van der Waals surface area (Å²) in [6, 6.07) is 15.8. The first-order valence-corrected chi connectivity index (χ1v) is 18.3. The summed E-state index contributed by atoms with van der Waals surface area (Å²) in [6.07, 6.45) is 4.63. The van der Waals surface area contributed by atoms with Crippen LogP contribution >= 0.6 is 11.6 Å². The van der Waals surface area contributed by atoms with Crippen LogP contribution in [0.3, 0.4) is 0 Å². The molecule has 0 saturated heterocycles. The number of amides is 3. The molecule has 2 heterocycles. The van der Waals surface area contributed by atoms with Gasteiger partial charge in [0.1, 0.15) is 17.5 Å². The molecular formula is C39H44ClN7O5. The van der Waals surface area contributed by atoms with Gasteiger partial charge in [-0.05, 0) is 107 Å². The molecule has 2 aromatic heterocycles. The molecule has 2 fully saturated rings. The highest BCUT2D eigenvalue weighted by atomic mass is 35.5. The Kier molecular flexibility index (Phi) is 9.60. The molecule has 272 valence electrons. The molecule has 0 unspecified atom stereocenters. The van der Waals surface area contributed by atoms with E-state index in [0.717, 1.165) is 59.2 Å². The quantitative estimate of drug-likeness (QED) is 0.107. The average molecular weight is 726 g/mol. The van der Waals surface area contributed by atoms with E-state index in [-0.39, 0.29) is 29.9 Å². The van der Waals surface area contributed by atoms with Crippen molar-refractivity contribution in [3.8, 4) is 11.1 Å². The number of ether oxygens (including phenoxy) is 1. The molecule has 1 atom stereocenters. The van der Waals surface area contributed by atoms with Gasteiger partial charge in [-0.1, -0.05) is 35.9 Å². The van der Waals surface area contributed by atoms with Crippen LogP contribution in [-0.2, 0) is 20.7 Å². The molecule has 2 aliphatic rings. The van der Waals surface area contributed by atoms with E-state index in [1.54, 1.807) is 18.2 Å². The normalized spacial score (nSPS) is 18.3. The maximum Gasteiger partial charge on any atom is 0.407 e. The van der Waals surface area contributed by atoms with Gasteiger partial charge in [0.05, 0.1) is 27.1 Å². The zero-order valence-corrected chi connectivity index (χ0v) is 30.3. The Balaban J connectivity index is 1.11. The Hall–Kier alpha value is -5.10. The number of nitrogens with two attached hydrogens (primary N) is 1. The van der Waals surface area contributed by atoms with Crippen LogP contribution in [0.25, 0.3) is 33.2 Å². The SMILES string of the molecule is CC(C)(C)OC(=O)NC[C@H]1CC[C@H](C(=O)N(c2ccc3[nH]c(=O)[nH]c3c2)[C@@H](Cc2ccc(-c3cc4nc(C5CC5)[nH]c4cc3Cl)cc2)C(N)=O)CC1. The number of hydrogen-bond donors (Lipinski definition) is 5. The highest BCUT2D eigenvalue weighted by Gasteiger charge is 2.36. The second kappa shape index (κ2) is 14.1. The molecule has 3 aromatic carbocycles. The third-order valence-corrected chi connectivity index (χ3v) is 10.3. The number of imidazole rings is 2. The fraction of sp³-hybridized carbons (Fsp3) is 0.410. The van der Waals surface area contributed by atoms with Crippen molar-refractivity contribution < 1.29 is 19.1 Å². The minimum atomic E-state index is -1.00. The van der Waals surface area contributed by atoms with Gasteiger partial charge in [-0.2, -0.15) is 0 Å². The number of benzene rings is 3. The number of alkyl carbamates (subject to hydrolysis) is 1. The van der Waals surface area contributed by atoms with Crippen molar-refractivity contribution >= 4 is 57.3 Å². The van der Waals surface area contributed by atoms with Gasteiger partial charge in [-0.3, -0.25) is 14.5 Å². The summed E-state index contributed by atoms with van der Waals surface area (Å²) in [6.45, 7) is 5.91. The number of nitrogens with zero attached hydrogens (tertiary/aromatic N) is 2. The molecule has 13 heteroatoms. The van der Waals surface area contributed by atoms with E-state index in [4.69, 9.17) is 27.1 Å². The van der Waals surface area contributed by atoms with Crippen LogP contribution in [0.4, 0.5) is 10.5 Å². The molecular weight excluding hydrogens is 682 g/mol. The second-order valence-corrected chi connectivity index (χ2v) is 15.6. The van der Waals surface area contributed by atoms with E-state index < -0.39 is 23.6 Å². The minimum absolute atomic E-state index is 0.176. The first kappa shape index (κ1) is 35.3. The van der Waals surface area contributed by atoms with Gasteiger partial charge < -0.3 is 30.7 Å². The molecule has 0 aliphatic heterocycles. The zero-order valence-electron chi connectivity index (χ0n) is 29.6. The van der Waals surface area contributed by atoms with Crippen LogP contribution < -0.4 is 21.6 Å². The van der Waals surface area contributed by atoms with Gasteiger partial charge in [0.15, 0.2) is 0 Å². The maximum absolute atomic E-state index is 14.5.